The molecule has 1 aromatic rings. The first-order valence-electron chi connectivity index (χ1n) is 5.92. The number of methoxy groups -OCH3 is 1. The fraction of sp³-hybridized carbons (Fsp3) is 0.385. The molecule has 1 saturated heterocycles. The van der Waals surface area contributed by atoms with Gasteiger partial charge in [-0.1, -0.05) is 13.0 Å². The lowest BCUT2D eigenvalue weighted by Gasteiger charge is -2.22. The molecule has 5 nitrogen and oxygen atoms in total. The van der Waals surface area contributed by atoms with Crippen LogP contribution >= 0.6 is 0 Å². The summed E-state index contributed by atoms with van der Waals surface area (Å²) < 4.78 is 4.68. The lowest BCUT2D eigenvalue weighted by atomic mass is 10.1. The van der Waals surface area contributed by atoms with Crippen LogP contribution in [-0.4, -0.2) is 31.7 Å². The molecule has 1 aliphatic heterocycles. The quantitative estimate of drug-likeness (QED) is 0.829. The van der Waals surface area contributed by atoms with Gasteiger partial charge in [0.25, 0.3) is 0 Å². The van der Waals surface area contributed by atoms with Crippen LogP contribution in [0.25, 0.3) is 0 Å². The Hall–Kier alpha value is -2.04. The summed E-state index contributed by atoms with van der Waals surface area (Å²) >= 11 is 0. The zero-order chi connectivity index (χ0) is 13.1. The van der Waals surface area contributed by atoms with Gasteiger partial charge in [0.1, 0.15) is 0 Å². The molecule has 0 saturated carbocycles. The normalized spacial score (nSPS) is 18.7. The number of carbonyl (C=O) groups excluding carboxylic acids is 2. The fourth-order valence-corrected chi connectivity index (χ4v) is 2.10. The third-order valence-corrected chi connectivity index (χ3v) is 3.09. The van der Waals surface area contributed by atoms with E-state index in [0.717, 1.165) is 12.1 Å². The van der Waals surface area contributed by atoms with E-state index in [1.54, 1.807) is 23.1 Å². The van der Waals surface area contributed by atoms with Gasteiger partial charge in [0.15, 0.2) is 0 Å². The van der Waals surface area contributed by atoms with Gasteiger partial charge in [0.2, 0.25) is 0 Å². The third kappa shape index (κ3) is 2.16. The van der Waals surface area contributed by atoms with E-state index in [-0.39, 0.29) is 12.1 Å². The highest BCUT2D eigenvalue weighted by molar-refractivity contribution is 5.97. The second-order valence-electron chi connectivity index (χ2n) is 4.16. The minimum absolute atomic E-state index is 0.121. The SMILES string of the molecule is CC[C@H]1CNC(=O)N1c1cccc(C(=O)OC)c1. The van der Waals surface area contributed by atoms with Crippen LogP contribution in [0.1, 0.15) is 23.7 Å². The van der Waals surface area contributed by atoms with Crippen molar-refractivity contribution in [3.05, 3.63) is 29.8 Å². The monoisotopic (exact) mass is 248 g/mol. The standard InChI is InChI=1S/C13H16N2O3/c1-3-10-8-14-13(17)15(10)11-6-4-5-9(7-11)12(16)18-2/h4-7,10H,3,8H2,1-2H3,(H,14,17)/t10-/m0/s1. The lowest BCUT2D eigenvalue weighted by Crippen LogP contribution is -2.33. The van der Waals surface area contributed by atoms with Crippen LogP contribution in [-0.2, 0) is 4.74 Å². The molecule has 0 unspecified atom stereocenters. The number of hydrogen-bond donors (Lipinski definition) is 1. The Morgan fingerprint density at radius 2 is 2.33 bits per heavy atom. The molecule has 1 fully saturated rings. The Bertz CT molecular complexity index is 473. The number of ether oxygens (including phenoxy) is 1. The van der Waals surface area contributed by atoms with E-state index in [4.69, 9.17) is 0 Å². The van der Waals surface area contributed by atoms with Crippen molar-refractivity contribution in [1.29, 1.82) is 0 Å². The molecule has 0 radical (unpaired) electrons. The van der Waals surface area contributed by atoms with Crippen molar-refractivity contribution < 1.29 is 14.3 Å². The number of rotatable bonds is 3. The van der Waals surface area contributed by atoms with Crippen LogP contribution in [0.15, 0.2) is 24.3 Å². The van der Waals surface area contributed by atoms with Crippen molar-refractivity contribution in [3.8, 4) is 0 Å². The number of urea groups is 1. The number of anilines is 1. The van der Waals surface area contributed by atoms with Crippen molar-refractivity contribution in [2.45, 2.75) is 19.4 Å². The van der Waals surface area contributed by atoms with Gasteiger partial charge < -0.3 is 10.1 Å². The molecule has 5 heteroatoms. The molecular formula is C13H16N2O3. The minimum Gasteiger partial charge on any atom is -0.465 e. The van der Waals surface area contributed by atoms with Crippen LogP contribution in [0, 0.1) is 0 Å². The highest BCUT2D eigenvalue weighted by Crippen LogP contribution is 2.23. The Morgan fingerprint density at radius 3 is 3.00 bits per heavy atom. The summed E-state index contributed by atoms with van der Waals surface area (Å²) in [5.74, 6) is -0.399. The summed E-state index contributed by atoms with van der Waals surface area (Å²) in [6.45, 7) is 2.67. The smallest absolute Gasteiger partial charge is 0.337 e. The van der Waals surface area contributed by atoms with Crippen LogP contribution in [0.4, 0.5) is 10.5 Å². The van der Waals surface area contributed by atoms with E-state index >= 15 is 0 Å². The molecule has 0 aromatic heterocycles. The maximum absolute atomic E-state index is 11.8. The Morgan fingerprint density at radius 1 is 1.56 bits per heavy atom. The minimum atomic E-state index is -0.399. The lowest BCUT2D eigenvalue weighted by molar-refractivity contribution is 0.0600. The Balaban J connectivity index is 2.32. The number of nitrogens with zero attached hydrogens (tertiary/aromatic N) is 1. The zero-order valence-corrected chi connectivity index (χ0v) is 10.5. The van der Waals surface area contributed by atoms with Crippen LogP contribution in [0.2, 0.25) is 0 Å². The molecular weight excluding hydrogens is 232 g/mol. The summed E-state index contributed by atoms with van der Waals surface area (Å²) in [5, 5.41) is 2.80. The average Bonchev–Trinajstić information content (AvgIpc) is 2.79. The topological polar surface area (TPSA) is 58.6 Å². The molecule has 1 heterocycles. The number of amides is 2. The van der Waals surface area contributed by atoms with Gasteiger partial charge in [0, 0.05) is 12.2 Å². The summed E-state index contributed by atoms with van der Waals surface area (Å²) in [6, 6.07) is 6.93. The Kier molecular flexibility index (Phi) is 3.50. The number of carbonyl (C=O) groups is 2. The molecule has 1 N–H and O–H groups in total. The van der Waals surface area contributed by atoms with Crippen molar-refractivity contribution in [2.24, 2.45) is 0 Å². The van der Waals surface area contributed by atoms with Crippen molar-refractivity contribution in [2.75, 3.05) is 18.6 Å². The molecule has 1 aromatic carbocycles. The van der Waals surface area contributed by atoms with Crippen molar-refractivity contribution in [3.63, 3.8) is 0 Å². The number of benzene rings is 1. The van der Waals surface area contributed by atoms with Crippen molar-refractivity contribution >= 4 is 17.7 Å². The molecule has 0 aliphatic carbocycles. The molecule has 1 aliphatic rings. The molecule has 0 spiro atoms. The molecule has 18 heavy (non-hydrogen) atoms. The van der Waals surface area contributed by atoms with Crippen LogP contribution in [0.5, 0.6) is 0 Å². The van der Waals surface area contributed by atoms with E-state index in [1.165, 1.54) is 7.11 Å². The molecule has 1 atom stereocenters. The fourth-order valence-electron chi connectivity index (χ4n) is 2.10. The van der Waals surface area contributed by atoms with Gasteiger partial charge in [-0.3, -0.25) is 4.90 Å². The molecule has 0 bridgehead atoms. The maximum atomic E-state index is 11.8. The first-order chi connectivity index (χ1) is 8.67. The largest absolute Gasteiger partial charge is 0.465 e. The number of esters is 1. The summed E-state index contributed by atoms with van der Waals surface area (Å²) in [5.41, 5.74) is 1.17. The highest BCUT2D eigenvalue weighted by Gasteiger charge is 2.30. The first-order valence-corrected chi connectivity index (χ1v) is 5.92. The zero-order valence-electron chi connectivity index (χ0n) is 10.5. The van der Waals surface area contributed by atoms with Gasteiger partial charge in [-0.25, -0.2) is 9.59 Å². The highest BCUT2D eigenvalue weighted by atomic mass is 16.5. The summed E-state index contributed by atoms with van der Waals surface area (Å²) in [6.07, 6.45) is 0.862. The Labute approximate surface area is 106 Å². The van der Waals surface area contributed by atoms with Gasteiger partial charge in [-0.15, -0.1) is 0 Å². The first kappa shape index (κ1) is 12.4. The van der Waals surface area contributed by atoms with Crippen LogP contribution in [0.3, 0.4) is 0 Å². The van der Waals surface area contributed by atoms with Gasteiger partial charge >= 0.3 is 12.0 Å². The summed E-state index contributed by atoms with van der Waals surface area (Å²) in [7, 11) is 1.34. The number of hydrogen-bond acceptors (Lipinski definition) is 3. The third-order valence-electron chi connectivity index (χ3n) is 3.09. The predicted molar refractivity (Wildman–Crippen MR) is 67.7 cm³/mol. The van der Waals surface area contributed by atoms with Gasteiger partial charge in [-0.05, 0) is 24.6 Å². The van der Waals surface area contributed by atoms with E-state index in [1.807, 2.05) is 13.0 Å². The molecule has 2 rings (SSSR count). The van der Waals surface area contributed by atoms with Gasteiger partial charge in [0.05, 0.1) is 18.7 Å². The van der Waals surface area contributed by atoms with E-state index < -0.39 is 5.97 Å². The average molecular weight is 248 g/mol. The van der Waals surface area contributed by atoms with E-state index in [9.17, 15) is 9.59 Å². The number of nitrogens with one attached hydrogen (secondary N) is 1. The second-order valence-corrected chi connectivity index (χ2v) is 4.16. The summed E-state index contributed by atoms with van der Waals surface area (Å²) in [4.78, 5) is 25.0. The maximum Gasteiger partial charge on any atom is 0.337 e. The molecule has 2 amide bonds. The van der Waals surface area contributed by atoms with Gasteiger partial charge in [-0.2, -0.15) is 0 Å². The van der Waals surface area contributed by atoms with E-state index in [2.05, 4.69) is 10.1 Å². The van der Waals surface area contributed by atoms with Crippen molar-refractivity contribution in [1.82, 2.24) is 5.32 Å². The van der Waals surface area contributed by atoms with E-state index in [0.29, 0.717) is 12.1 Å². The van der Waals surface area contributed by atoms with Crippen LogP contribution < -0.4 is 10.2 Å². The molecule has 96 valence electrons. The predicted octanol–water partition coefficient (Wildman–Crippen LogP) is 1.78. The second kappa shape index (κ2) is 5.08.